The Morgan fingerprint density at radius 2 is 1.89 bits per heavy atom. The Labute approximate surface area is 269 Å². The molecule has 15 heteroatoms. The summed E-state index contributed by atoms with van der Waals surface area (Å²) in [6.45, 7) is 7.29. The molecule has 0 bridgehead atoms. The summed E-state index contributed by atoms with van der Waals surface area (Å²) in [5, 5.41) is -0.608. The number of hydrogen-bond donors (Lipinski definition) is 0. The van der Waals surface area contributed by atoms with Crippen LogP contribution in [0.5, 0.6) is 11.5 Å². The molecule has 1 aliphatic rings. The maximum absolute atomic E-state index is 16.0. The van der Waals surface area contributed by atoms with E-state index in [1.165, 1.54) is 38.5 Å². The lowest BCUT2D eigenvalue weighted by Gasteiger charge is -2.27. The van der Waals surface area contributed by atoms with Crippen LogP contribution in [0.1, 0.15) is 39.7 Å². The molecule has 0 N–H and O–H groups in total. The Bertz CT molecular complexity index is 1710. The second-order valence-electron chi connectivity index (χ2n) is 11.8. The second-order valence-corrected chi connectivity index (χ2v) is 15.9. The summed E-state index contributed by atoms with van der Waals surface area (Å²) in [5.41, 5.74) is -0.354. The van der Waals surface area contributed by atoms with Crippen LogP contribution in [0.2, 0.25) is 5.02 Å². The van der Waals surface area contributed by atoms with Crippen molar-refractivity contribution in [1.29, 1.82) is 0 Å². The first-order valence-corrected chi connectivity index (χ1v) is 16.7. The molecule has 2 atom stereocenters. The Hall–Kier alpha value is -3.20. The highest BCUT2D eigenvalue weighted by Crippen LogP contribution is 2.41. The lowest BCUT2D eigenvalue weighted by molar-refractivity contribution is 0.391. The van der Waals surface area contributed by atoms with E-state index in [1.807, 2.05) is 6.92 Å². The molecule has 1 fully saturated rings. The summed E-state index contributed by atoms with van der Waals surface area (Å²) in [5.74, 6) is -3.70. The lowest BCUT2D eigenvalue weighted by atomic mass is 9.92. The molecule has 2 heterocycles. The zero-order chi connectivity index (χ0) is 33.3. The average Bonchev–Trinajstić information content (AvgIpc) is 3.37. The molecule has 3 aromatic rings. The van der Waals surface area contributed by atoms with Crippen molar-refractivity contribution in [2.24, 2.45) is 9.81 Å². The van der Waals surface area contributed by atoms with E-state index in [0.717, 1.165) is 12.1 Å². The van der Waals surface area contributed by atoms with Crippen molar-refractivity contribution in [3.05, 3.63) is 70.6 Å². The van der Waals surface area contributed by atoms with Crippen LogP contribution < -0.4 is 18.7 Å². The number of ether oxygens (including phenoxy) is 2. The molecule has 0 aliphatic carbocycles. The minimum absolute atomic E-state index is 0.0491. The highest BCUT2D eigenvalue weighted by Gasteiger charge is 2.39. The third kappa shape index (κ3) is 7.45. The highest BCUT2D eigenvalue weighted by atomic mass is 35.5. The van der Waals surface area contributed by atoms with E-state index in [0.29, 0.717) is 23.0 Å². The number of benzene rings is 2. The van der Waals surface area contributed by atoms with Crippen molar-refractivity contribution in [2.45, 2.75) is 50.3 Å². The molecular formula is C30H34ClF3N4O5S2. The van der Waals surface area contributed by atoms with Crippen LogP contribution in [-0.2, 0) is 27.9 Å². The minimum atomic E-state index is -5.08. The number of halogens is 4. The monoisotopic (exact) mass is 686 g/mol. The summed E-state index contributed by atoms with van der Waals surface area (Å²) < 4.78 is 101. The predicted octanol–water partition coefficient (Wildman–Crippen LogP) is 6.31. The van der Waals surface area contributed by atoms with Crippen molar-refractivity contribution < 1.29 is 35.6 Å². The molecule has 0 amide bonds. The van der Waals surface area contributed by atoms with Crippen LogP contribution in [-0.4, -0.2) is 56.2 Å². The number of pyridine rings is 1. The lowest BCUT2D eigenvalue weighted by Crippen LogP contribution is -2.33. The molecule has 9 nitrogen and oxygen atoms in total. The first-order chi connectivity index (χ1) is 21.0. The van der Waals surface area contributed by atoms with Crippen molar-refractivity contribution >= 4 is 50.7 Å². The van der Waals surface area contributed by atoms with Crippen LogP contribution in [0.4, 0.5) is 24.7 Å². The van der Waals surface area contributed by atoms with Gasteiger partial charge in [-0.1, -0.05) is 29.0 Å². The molecule has 0 radical (unpaired) electrons. The first kappa shape index (κ1) is 34.7. The molecular weight excluding hydrogens is 653 g/mol. The van der Waals surface area contributed by atoms with Gasteiger partial charge in [-0.25, -0.2) is 26.5 Å². The summed E-state index contributed by atoms with van der Waals surface area (Å²) in [6.07, 6.45) is 2.10. The molecule has 1 aromatic heterocycles. The van der Waals surface area contributed by atoms with E-state index >= 15 is 8.78 Å². The fraction of sp³-hybridized carbons (Fsp3) is 0.400. The highest BCUT2D eigenvalue weighted by molar-refractivity contribution is 7.92. The maximum Gasteiger partial charge on any atom is 0.271 e. The van der Waals surface area contributed by atoms with Crippen LogP contribution in [0.3, 0.4) is 0 Å². The van der Waals surface area contributed by atoms with Gasteiger partial charge in [-0.15, -0.1) is 0 Å². The van der Waals surface area contributed by atoms with Crippen molar-refractivity contribution in [2.75, 3.05) is 36.5 Å². The molecule has 4 rings (SSSR count). The second kappa shape index (κ2) is 13.3. The topological polar surface area (TPSA) is 107 Å². The number of nitrogens with zero attached hydrogens (tertiary/aromatic N) is 4. The molecule has 244 valence electrons. The Morgan fingerprint density at radius 3 is 2.51 bits per heavy atom. The number of hydrogen-bond acceptors (Lipinski definition) is 8. The summed E-state index contributed by atoms with van der Waals surface area (Å²) in [4.78, 5) is 3.96. The van der Waals surface area contributed by atoms with Gasteiger partial charge in [0.2, 0.25) is 5.95 Å². The van der Waals surface area contributed by atoms with Gasteiger partial charge in [0, 0.05) is 36.2 Å². The summed E-state index contributed by atoms with van der Waals surface area (Å²) in [7, 11) is -2.29. The third-order valence-electron chi connectivity index (χ3n) is 7.24. The molecule has 1 aliphatic heterocycles. The number of anilines is 2. The number of rotatable bonds is 10. The van der Waals surface area contributed by atoms with Crippen LogP contribution in [0.15, 0.2) is 51.8 Å². The quantitative estimate of drug-likeness (QED) is 0.106. The van der Waals surface area contributed by atoms with Crippen LogP contribution in [0, 0.1) is 23.0 Å². The number of methoxy groups -OCH3 is 2. The van der Waals surface area contributed by atoms with Gasteiger partial charge >= 0.3 is 0 Å². The Kier molecular flexibility index (Phi) is 10.2. The Balaban J connectivity index is 1.74. The fourth-order valence-electron chi connectivity index (χ4n) is 4.73. The van der Waals surface area contributed by atoms with Gasteiger partial charge in [0.25, 0.3) is 10.0 Å². The normalized spacial score (nSPS) is 18.0. The standard InChI is InChI=1S/C30H34ClF3N4O5S2/c1-29(2,3)44(39)35-17-30(4)12-13-37(18-30)22-15-21(32)28(27(34)26(22)31)45(40,41)38(25-9-7-8-24(33)36-25)16-19-10-11-20(42-5)14-23(19)43-6/h7-11,14-15,17H,12-13,16,18H2,1-6H3/b35-17+. The van der Waals surface area contributed by atoms with E-state index in [9.17, 15) is 17.4 Å². The van der Waals surface area contributed by atoms with Crippen molar-refractivity contribution in [3.8, 4) is 11.5 Å². The van der Waals surface area contributed by atoms with Crippen molar-refractivity contribution in [1.82, 2.24) is 4.98 Å². The largest absolute Gasteiger partial charge is 0.591 e. The molecule has 0 saturated carbocycles. The van der Waals surface area contributed by atoms with Gasteiger partial charge in [-0.2, -0.15) is 4.39 Å². The zero-order valence-electron chi connectivity index (χ0n) is 25.6. The van der Waals surface area contributed by atoms with Gasteiger partial charge in [0.1, 0.15) is 44.3 Å². The minimum Gasteiger partial charge on any atom is -0.591 e. The number of sulfonamides is 1. The van der Waals surface area contributed by atoms with E-state index in [4.69, 9.17) is 21.1 Å². The Morgan fingerprint density at radius 1 is 1.18 bits per heavy atom. The van der Waals surface area contributed by atoms with Crippen LogP contribution in [0.25, 0.3) is 0 Å². The van der Waals surface area contributed by atoms with Gasteiger partial charge in [-0.3, -0.25) is 0 Å². The van der Waals surface area contributed by atoms with Gasteiger partial charge in [0.05, 0.1) is 32.7 Å². The van der Waals surface area contributed by atoms with E-state index < -0.39 is 71.4 Å². The summed E-state index contributed by atoms with van der Waals surface area (Å²) in [6, 6.07) is 8.84. The van der Waals surface area contributed by atoms with E-state index in [1.54, 1.807) is 38.0 Å². The average molecular weight is 687 g/mol. The van der Waals surface area contributed by atoms with E-state index in [-0.39, 0.29) is 23.5 Å². The van der Waals surface area contributed by atoms with E-state index in [2.05, 4.69) is 9.38 Å². The fourth-order valence-corrected chi connectivity index (χ4v) is 7.24. The van der Waals surface area contributed by atoms with Gasteiger partial charge in [0.15, 0.2) is 10.7 Å². The zero-order valence-corrected chi connectivity index (χ0v) is 28.0. The maximum atomic E-state index is 16.0. The van der Waals surface area contributed by atoms with Gasteiger partial charge < -0.3 is 18.9 Å². The molecule has 1 saturated heterocycles. The number of aromatic nitrogens is 1. The SMILES string of the molecule is COc1ccc(CN(c2cccc(F)n2)S(=O)(=O)c2c(F)cc(N3CCC(C)(/C=N/[S+]([O-])C(C)(C)C)C3)c(Cl)c2F)c(OC)c1. The smallest absolute Gasteiger partial charge is 0.271 e. The van der Waals surface area contributed by atoms with Crippen LogP contribution >= 0.6 is 11.6 Å². The predicted molar refractivity (Wildman–Crippen MR) is 170 cm³/mol. The molecule has 2 aromatic carbocycles. The third-order valence-corrected chi connectivity index (χ3v) is 10.7. The molecule has 45 heavy (non-hydrogen) atoms. The van der Waals surface area contributed by atoms with Gasteiger partial charge in [-0.05, 0) is 51.5 Å². The molecule has 0 spiro atoms. The summed E-state index contributed by atoms with van der Waals surface area (Å²) >= 11 is 4.91. The first-order valence-electron chi connectivity index (χ1n) is 13.8. The molecule has 2 unspecified atom stereocenters. The van der Waals surface area contributed by atoms with Crippen molar-refractivity contribution in [3.63, 3.8) is 0 Å².